The van der Waals surface area contributed by atoms with E-state index in [1.54, 1.807) is 0 Å². The van der Waals surface area contributed by atoms with Crippen LogP contribution < -0.4 is 0 Å². The minimum absolute atomic E-state index is 0.112. The van der Waals surface area contributed by atoms with Gasteiger partial charge in [0, 0.05) is 12.8 Å². The van der Waals surface area contributed by atoms with Crippen molar-refractivity contribution in [3.63, 3.8) is 0 Å². The summed E-state index contributed by atoms with van der Waals surface area (Å²) in [4.78, 5) is 42.7. The molecule has 298 valence electrons. The molecule has 52 heavy (non-hydrogen) atoms. The molecular weight excluding hydrogens is 675 g/mol. The summed E-state index contributed by atoms with van der Waals surface area (Å²) in [5.74, 6) is -0.981. The molecule has 8 nitrogen and oxygen atoms in total. The Balaban J connectivity index is 3.98. The van der Waals surface area contributed by atoms with Gasteiger partial charge in [0.25, 0.3) is 0 Å². The quantitative estimate of drug-likeness (QED) is 0.0214. The van der Waals surface area contributed by atoms with E-state index >= 15 is 0 Å². The molecule has 2 N–H and O–H groups in total. The molecule has 0 spiro atoms. The van der Waals surface area contributed by atoms with E-state index < -0.39 is 32.5 Å². The van der Waals surface area contributed by atoms with Crippen molar-refractivity contribution in [2.75, 3.05) is 13.2 Å². The van der Waals surface area contributed by atoms with Crippen LogP contribution in [0.1, 0.15) is 168 Å². The fourth-order valence-electron chi connectivity index (χ4n) is 5.34. The van der Waals surface area contributed by atoms with Crippen LogP contribution in [0.2, 0.25) is 0 Å². The average Bonchev–Trinajstić information content (AvgIpc) is 3.11. The van der Waals surface area contributed by atoms with Crippen LogP contribution >= 0.6 is 7.82 Å². The number of phosphoric acid groups is 1. The Morgan fingerprint density at radius 2 is 0.962 bits per heavy atom. The highest BCUT2D eigenvalue weighted by Crippen LogP contribution is 2.36. The maximum atomic E-state index is 12.3. The second-order valence-electron chi connectivity index (χ2n) is 13.3. The molecule has 0 saturated heterocycles. The minimum Gasteiger partial charge on any atom is -0.462 e. The number of allylic oxidation sites excluding steroid dienone is 12. The molecule has 0 amide bonds. The lowest BCUT2D eigenvalue weighted by molar-refractivity contribution is -0.161. The molecule has 9 heteroatoms. The first-order valence-corrected chi connectivity index (χ1v) is 21.8. The van der Waals surface area contributed by atoms with Gasteiger partial charge in [-0.05, 0) is 51.4 Å². The van der Waals surface area contributed by atoms with Gasteiger partial charge in [-0.2, -0.15) is 0 Å². The van der Waals surface area contributed by atoms with Crippen LogP contribution in [0, 0.1) is 0 Å². The van der Waals surface area contributed by atoms with E-state index in [1.807, 2.05) is 54.7 Å². The summed E-state index contributed by atoms with van der Waals surface area (Å²) in [5, 5.41) is 0. The normalized spacial score (nSPS) is 13.2. The van der Waals surface area contributed by atoms with Gasteiger partial charge < -0.3 is 19.3 Å². The van der Waals surface area contributed by atoms with Crippen molar-refractivity contribution < 1.29 is 37.9 Å². The molecule has 0 rings (SSSR count). The van der Waals surface area contributed by atoms with Gasteiger partial charge in [-0.25, -0.2) is 4.57 Å². The summed E-state index contributed by atoms with van der Waals surface area (Å²) >= 11 is 0. The van der Waals surface area contributed by atoms with Crippen LogP contribution in [0.3, 0.4) is 0 Å². The zero-order valence-electron chi connectivity index (χ0n) is 32.7. The first-order chi connectivity index (χ1) is 25.3. The van der Waals surface area contributed by atoms with E-state index in [9.17, 15) is 14.2 Å². The van der Waals surface area contributed by atoms with Crippen molar-refractivity contribution in [1.29, 1.82) is 0 Å². The zero-order valence-corrected chi connectivity index (χ0v) is 33.6. The van der Waals surface area contributed by atoms with Crippen molar-refractivity contribution in [1.82, 2.24) is 0 Å². The van der Waals surface area contributed by atoms with Gasteiger partial charge in [0.1, 0.15) is 6.61 Å². The third-order valence-electron chi connectivity index (χ3n) is 8.34. The number of carbonyl (C=O) groups excluding carboxylic acids is 2. The highest BCUT2D eigenvalue weighted by atomic mass is 31.2. The van der Waals surface area contributed by atoms with Crippen molar-refractivity contribution in [2.24, 2.45) is 0 Å². The van der Waals surface area contributed by atoms with Gasteiger partial charge in [0.2, 0.25) is 0 Å². The summed E-state index contributed by atoms with van der Waals surface area (Å²) < 4.78 is 26.2. The third-order valence-corrected chi connectivity index (χ3v) is 8.82. The van der Waals surface area contributed by atoms with Gasteiger partial charge in [-0.1, -0.05) is 177 Å². The number of rotatable bonds is 36. The fourth-order valence-corrected chi connectivity index (χ4v) is 5.70. The Labute approximate surface area is 317 Å². The fraction of sp³-hybridized carbons (Fsp3) is 0.674. The summed E-state index contributed by atoms with van der Waals surface area (Å²) in [6.07, 6.45) is 49.3. The Bertz CT molecular complexity index is 1070. The van der Waals surface area contributed by atoms with E-state index in [2.05, 4.69) is 36.6 Å². The Morgan fingerprint density at radius 1 is 0.519 bits per heavy atom. The van der Waals surface area contributed by atoms with Crippen LogP contribution in [-0.4, -0.2) is 41.0 Å². The predicted octanol–water partition coefficient (Wildman–Crippen LogP) is 12.3. The number of unbranched alkanes of at least 4 members (excludes halogenated alkanes) is 18. The molecule has 0 bridgehead atoms. The topological polar surface area (TPSA) is 119 Å². The first-order valence-electron chi connectivity index (χ1n) is 20.3. The van der Waals surface area contributed by atoms with Crippen LogP contribution in [-0.2, 0) is 28.2 Å². The Morgan fingerprint density at radius 3 is 1.48 bits per heavy atom. The summed E-state index contributed by atoms with van der Waals surface area (Å²) in [6.45, 7) is 3.47. The second kappa shape index (κ2) is 38.2. The number of carbonyl (C=O) groups is 2. The molecule has 0 fully saturated rings. The van der Waals surface area contributed by atoms with Crippen LogP contribution in [0.5, 0.6) is 0 Å². The predicted molar refractivity (Wildman–Crippen MR) is 216 cm³/mol. The molecule has 0 aliphatic heterocycles. The molecule has 0 aliphatic carbocycles. The third kappa shape index (κ3) is 40.3. The SMILES string of the molecule is CC/C=C/C=C/C=C/C=C/C=C/CCCC(=O)OC(COC(=O)CCCCCCCCC/C=C/CCCCCCCCCCCC)COP(=O)(O)O. The minimum atomic E-state index is -4.78. The van der Waals surface area contributed by atoms with Crippen LogP contribution in [0.15, 0.2) is 72.9 Å². The lowest BCUT2D eigenvalue weighted by Crippen LogP contribution is -2.29. The molecular formula is C43H73O8P. The summed E-state index contributed by atoms with van der Waals surface area (Å²) in [6, 6.07) is 0. The largest absolute Gasteiger partial charge is 0.469 e. The molecule has 0 radical (unpaired) electrons. The number of ether oxygens (including phenoxy) is 2. The van der Waals surface area contributed by atoms with Crippen molar-refractivity contribution >= 4 is 19.8 Å². The standard InChI is InChI=1S/C43H73O8P/c1-3-5-7-9-11-13-15-17-18-19-20-21-22-23-24-26-27-29-31-33-35-37-42(44)49-39-41(40-50-52(46,47)48)51-43(45)38-36-34-32-30-28-25-16-14-12-10-8-6-4-2/h6,8,10,12,14,16,21-22,25,28,30,32,41H,3-5,7,9,11,13,15,17-20,23-24,26-27,29,31,33-40H2,1-2H3,(H2,46,47,48)/b8-6+,12-10+,16-14+,22-21+,28-25+,32-30+. The monoisotopic (exact) mass is 749 g/mol. The number of hydrogen-bond acceptors (Lipinski definition) is 6. The summed E-state index contributed by atoms with van der Waals surface area (Å²) in [7, 11) is -4.78. The first kappa shape index (κ1) is 49.5. The van der Waals surface area contributed by atoms with E-state index in [-0.39, 0.29) is 19.4 Å². The molecule has 0 aromatic rings. The average molecular weight is 749 g/mol. The molecule has 0 saturated carbocycles. The van der Waals surface area contributed by atoms with Crippen molar-refractivity contribution in [3.8, 4) is 0 Å². The van der Waals surface area contributed by atoms with Crippen molar-refractivity contribution in [2.45, 2.75) is 174 Å². The zero-order chi connectivity index (χ0) is 38.2. The van der Waals surface area contributed by atoms with Gasteiger partial charge in [-0.3, -0.25) is 14.1 Å². The van der Waals surface area contributed by atoms with Gasteiger partial charge in [0.05, 0.1) is 6.61 Å². The number of hydrogen-bond donors (Lipinski definition) is 2. The highest BCUT2D eigenvalue weighted by molar-refractivity contribution is 7.46. The smallest absolute Gasteiger partial charge is 0.462 e. The maximum absolute atomic E-state index is 12.3. The molecule has 0 heterocycles. The highest BCUT2D eigenvalue weighted by Gasteiger charge is 2.22. The van der Waals surface area contributed by atoms with Gasteiger partial charge >= 0.3 is 19.8 Å². The molecule has 0 aromatic heterocycles. The van der Waals surface area contributed by atoms with Crippen LogP contribution in [0.4, 0.5) is 0 Å². The molecule has 0 aliphatic rings. The molecule has 1 atom stereocenters. The van der Waals surface area contributed by atoms with E-state index in [0.29, 0.717) is 19.3 Å². The van der Waals surface area contributed by atoms with Crippen molar-refractivity contribution in [3.05, 3.63) is 72.9 Å². The maximum Gasteiger partial charge on any atom is 0.469 e. The van der Waals surface area contributed by atoms with E-state index in [4.69, 9.17) is 19.3 Å². The number of phosphoric ester groups is 1. The molecule has 0 aromatic carbocycles. The van der Waals surface area contributed by atoms with Gasteiger partial charge in [0.15, 0.2) is 6.10 Å². The lowest BCUT2D eigenvalue weighted by Gasteiger charge is -2.18. The van der Waals surface area contributed by atoms with E-state index in [0.717, 1.165) is 32.1 Å². The Hall–Kier alpha value is -2.51. The van der Waals surface area contributed by atoms with Gasteiger partial charge in [-0.15, -0.1) is 0 Å². The Kier molecular flexibility index (Phi) is 36.4. The number of esters is 2. The second-order valence-corrected chi connectivity index (χ2v) is 14.6. The van der Waals surface area contributed by atoms with Crippen LogP contribution in [0.25, 0.3) is 0 Å². The molecule has 1 unspecified atom stereocenters. The van der Waals surface area contributed by atoms with E-state index in [1.165, 1.54) is 89.9 Å². The summed E-state index contributed by atoms with van der Waals surface area (Å²) in [5.41, 5.74) is 0. The lowest BCUT2D eigenvalue weighted by atomic mass is 10.1.